The summed E-state index contributed by atoms with van der Waals surface area (Å²) in [5.74, 6) is 0. The fourth-order valence-corrected chi connectivity index (χ4v) is 2.69. The van der Waals surface area contributed by atoms with Gasteiger partial charge in [0.2, 0.25) is 0 Å². The zero-order valence-corrected chi connectivity index (χ0v) is 12.3. The summed E-state index contributed by atoms with van der Waals surface area (Å²) >= 11 is 12.0. The van der Waals surface area contributed by atoms with Crippen molar-refractivity contribution in [2.24, 2.45) is 0 Å². The molecule has 1 heterocycles. The van der Waals surface area contributed by atoms with E-state index in [0.717, 1.165) is 0 Å². The molecule has 0 spiro atoms. The second-order valence-electron chi connectivity index (χ2n) is 4.38. The second kappa shape index (κ2) is 5.92. The number of benzene rings is 1. The van der Waals surface area contributed by atoms with Crippen LogP contribution in [0.25, 0.3) is 11.1 Å². The van der Waals surface area contributed by atoms with E-state index in [0.29, 0.717) is 16.8 Å². The number of nitrogens with one attached hydrogen (secondary N) is 1. The van der Waals surface area contributed by atoms with E-state index >= 15 is 0 Å². The third-order valence-electron chi connectivity index (χ3n) is 2.95. The molecular weight excluding hydrogens is 314 g/mol. The summed E-state index contributed by atoms with van der Waals surface area (Å²) in [5, 5.41) is 27.9. The minimum absolute atomic E-state index is 0.0148. The molecule has 3 N–H and O–H groups in total. The summed E-state index contributed by atoms with van der Waals surface area (Å²) in [5.41, 5.74) is 0.467. The summed E-state index contributed by atoms with van der Waals surface area (Å²) in [6.45, 7) is 1.66. The predicted octanol–water partition coefficient (Wildman–Crippen LogP) is 1.21. The molecule has 0 aliphatic heterocycles. The van der Waals surface area contributed by atoms with E-state index in [2.05, 4.69) is 4.98 Å². The van der Waals surface area contributed by atoms with Crippen LogP contribution >= 0.6 is 23.2 Å². The number of aromatic amines is 1. The van der Waals surface area contributed by atoms with Gasteiger partial charge in [-0.1, -0.05) is 29.3 Å². The van der Waals surface area contributed by atoms with Crippen LogP contribution in [0.5, 0.6) is 0 Å². The molecule has 2 aromatic rings. The van der Waals surface area contributed by atoms with Gasteiger partial charge in [0.25, 0.3) is 5.56 Å². The summed E-state index contributed by atoms with van der Waals surface area (Å²) in [4.78, 5) is 14.3. The van der Waals surface area contributed by atoms with Gasteiger partial charge in [-0.05, 0) is 19.1 Å². The number of pyridine rings is 1. The van der Waals surface area contributed by atoms with Crippen molar-refractivity contribution in [1.29, 1.82) is 5.26 Å². The van der Waals surface area contributed by atoms with Gasteiger partial charge in [-0.25, -0.2) is 0 Å². The topological polar surface area (TPSA) is 97.1 Å². The Hall–Kier alpha value is -1.78. The largest absolute Gasteiger partial charge is 0.491 e. The average molecular weight is 323 g/mol. The molecule has 0 aliphatic carbocycles. The van der Waals surface area contributed by atoms with Crippen LogP contribution in [0.2, 0.25) is 10.0 Å². The highest BCUT2D eigenvalue weighted by Crippen LogP contribution is 2.30. The Balaban J connectivity index is 2.84. The van der Waals surface area contributed by atoms with E-state index in [-0.39, 0.29) is 21.1 Å². The minimum atomic E-state index is -1.86. The van der Waals surface area contributed by atoms with Crippen molar-refractivity contribution < 1.29 is 10.0 Å². The van der Waals surface area contributed by atoms with Crippen molar-refractivity contribution in [2.75, 3.05) is 0 Å². The third-order valence-corrected chi connectivity index (χ3v) is 3.69. The van der Waals surface area contributed by atoms with Gasteiger partial charge in [0.05, 0.1) is 0 Å². The lowest BCUT2D eigenvalue weighted by molar-refractivity contribution is 0.426. The molecule has 8 heteroatoms. The van der Waals surface area contributed by atoms with Crippen LogP contribution in [-0.2, 0) is 0 Å². The van der Waals surface area contributed by atoms with Gasteiger partial charge in [-0.2, -0.15) is 5.26 Å². The van der Waals surface area contributed by atoms with Crippen LogP contribution < -0.4 is 11.0 Å². The third kappa shape index (κ3) is 2.82. The maximum Gasteiger partial charge on any atom is 0.491 e. The summed E-state index contributed by atoms with van der Waals surface area (Å²) in [6, 6.07) is 6.35. The van der Waals surface area contributed by atoms with Crippen LogP contribution in [0.1, 0.15) is 11.3 Å². The van der Waals surface area contributed by atoms with E-state index in [4.69, 9.17) is 28.5 Å². The monoisotopic (exact) mass is 322 g/mol. The SMILES string of the molecule is Cc1cc(-c2ccc(Cl)c(B(O)O)c2Cl)c(C#N)c(=O)[nH]1. The second-order valence-corrected chi connectivity index (χ2v) is 5.16. The molecule has 106 valence electrons. The molecule has 0 bridgehead atoms. The van der Waals surface area contributed by atoms with Crippen molar-refractivity contribution >= 4 is 35.8 Å². The van der Waals surface area contributed by atoms with Gasteiger partial charge < -0.3 is 15.0 Å². The van der Waals surface area contributed by atoms with E-state index in [1.165, 1.54) is 12.1 Å². The van der Waals surface area contributed by atoms with Crippen LogP contribution in [0.3, 0.4) is 0 Å². The van der Waals surface area contributed by atoms with Gasteiger partial charge in [-0.15, -0.1) is 0 Å². The van der Waals surface area contributed by atoms with Gasteiger partial charge in [-0.3, -0.25) is 4.79 Å². The number of aromatic nitrogens is 1. The number of halogens is 2. The highest BCUT2D eigenvalue weighted by atomic mass is 35.5. The molecule has 0 amide bonds. The van der Waals surface area contributed by atoms with Crippen molar-refractivity contribution in [2.45, 2.75) is 6.92 Å². The minimum Gasteiger partial charge on any atom is -0.423 e. The molecule has 0 fully saturated rings. The number of aryl methyl sites for hydroxylation is 1. The average Bonchev–Trinajstić information content (AvgIpc) is 2.37. The lowest BCUT2D eigenvalue weighted by Gasteiger charge is -2.12. The first-order valence-electron chi connectivity index (χ1n) is 5.85. The molecule has 2 rings (SSSR count). The summed E-state index contributed by atoms with van der Waals surface area (Å²) in [7, 11) is -1.86. The Morgan fingerprint density at radius 3 is 2.52 bits per heavy atom. The fraction of sp³-hybridized carbons (Fsp3) is 0.0769. The molecule has 0 saturated carbocycles. The Labute approximate surface area is 130 Å². The first-order valence-corrected chi connectivity index (χ1v) is 6.60. The van der Waals surface area contributed by atoms with Crippen LogP contribution in [0.15, 0.2) is 23.0 Å². The molecule has 0 aliphatic rings. The van der Waals surface area contributed by atoms with Crippen LogP contribution in [0, 0.1) is 18.3 Å². The number of hydrogen-bond donors (Lipinski definition) is 3. The normalized spacial score (nSPS) is 10.3. The number of H-pyrrole nitrogens is 1. The van der Waals surface area contributed by atoms with Crippen molar-refractivity contribution in [3.63, 3.8) is 0 Å². The molecule has 0 unspecified atom stereocenters. The highest BCUT2D eigenvalue weighted by molar-refractivity contribution is 6.67. The maximum atomic E-state index is 11.8. The van der Waals surface area contributed by atoms with E-state index in [1.54, 1.807) is 13.0 Å². The first kappa shape index (κ1) is 15.6. The number of rotatable bonds is 2. The smallest absolute Gasteiger partial charge is 0.423 e. The Morgan fingerprint density at radius 2 is 1.95 bits per heavy atom. The van der Waals surface area contributed by atoms with Gasteiger partial charge in [0, 0.05) is 32.3 Å². The maximum absolute atomic E-state index is 11.8. The zero-order chi connectivity index (χ0) is 15.7. The van der Waals surface area contributed by atoms with Gasteiger partial charge >= 0.3 is 7.12 Å². The number of nitriles is 1. The quantitative estimate of drug-likeness (QED) is 0.724. The van der Waals surface area contributed by atoms with Gasteiger partial charge in [0.1, 0.15) is 11.6 Å². The van der Waals surface area contributed by atoms with E-state index < -0.39 is 12.7 Å². The summed E-state index contributed by atoms with van der Waals surface area (Å²) in [6.07, 6.45) is 0. The predicted molar refractivity (Wildman–Crippen MR) is 81.8 cm³/mol. The number of nitrogens with zero attached hydrogens (tertiary/aromatic N) is 1. The Kier molecular flexibility index (Phi) is 4.40. The Bertz CT molecular complexity index is 812. The Morgan fingerprint density at radius 1 is 1.29 bits per heavy atom. The molecule has 21 heavy (non-hydrogen) atoms. The molecular formula is C13H9BCl2N2O3. The lowest BCUT2D eigenvalue weighted by atomic mass is 9.78. The molecule has 0 saturated heterocycles. The molecule has 1 aromatic carbocycles. The van der Waals surface area contributed by atoms with Crippen molar-refractivity contribution in [3.05, 3.63) is 49.9 Å². The zero-order valence-electron chi connectivity index (χ0n) is 10.8. The first-order chi connectivity index (χ1) is 9.86. The standard InChI is InChI=1S/C13H9BCl2N2O3/c1-6-4-8(9(5-17)13(19)18-6)7-2-3-10(15)11(12(7)16)14(20)21/h2-4,20-21H,1H3,(H,18,19). The fourth-order valence-electron chi connectivity index (χ4n) is 2.03. The van der Waals surface area contributed by atoms with Crippen molar-refractivity contribution in [3.8, 4) is 17.2 Å². The molecule has 1 aromatic heterocycles. The number of hydrogen-bond acceptors (Lipinski definition) is 4. The molecule has 0 atom stereocenters. The van der Waals surface area contributed by atoms with Crippen molar-refractivity contribution in [1.82, 2.24) is 4.98 Å². The molecule has 5 nitrogen and oxygen atoms in total. The van der Waals surface area contributed by atoms with Gasteiger partial charge in [0.15, 0.2) is 0 Å². The van der Waals surface area contributed by atoms with E-state index in [1.807, 2.05) is 6.07 Å². The lowest BCUT2D eigenvalue weighted by Crippen LogP contribution is -2.32. The van der Waals surface area contributed by atoms with Crippen LogP contribution in [0.4, 0.5) is 0 Å². The molecule has 0 radical (unpaired) electrons. The van der Waals surface area contributed by atoms with E-state index in [9.17, 15) is 14.8 Å². The summed E-state index contributed by atoms with van der Waals surface area (Å²) < 4.78 is 0. The highest BCUT2D eigenvalue weighted by Gasteiger charge is 2.23. The van der Waals surface area contributed by atoms with Crippen LogP contribution in [-0.4, -0.2) is 22.2 Å².